The van der Waals surface area contributed by atoms with Crippen LogP contribution in [0.15, 0.2) is 0 Å². The van der Waals surface area contributed by atoms with E-state index in [1.807, 2.05) is 0 Å². The molecule has 0 radical (unpaired) electrons. The van der Waals surface area contributed by atoms with Crippen LogP contribution < -0.4 is 0 Å². The van der Waals surface area contributed by atoms with Gasteiger partial charge in [0.2, 0.25) is 0 Å². The van der Waals surface area contributed by atoms with Crippen molar-refractivity contribution in [1.29, 1.82) is 0 Å². The summed E-state index contributed by atoms with van der Waals surface area (Å²) < 4.78 is 0. The van der Waals surface area contributed by atoms with Crippen LogP contribution in [0, 0.1) is 29.1 Å². The van der Waals surface area contributed by atoms with Gasteiger partial charge in [-0.1, -0.05) is 47.0 Å². The Bertz CT molecular complexity index is 224. The summed E-state index contributed by atoms with van der Waals surface area (Å²) in [4.78, 5) is 0. The van der Waals surface area contributed by atoms with Gasteiger partial charge in [0.1, 0.15) is 0 Å². The molecule has 0 nitrogen and oxygen atoms in total. The van der Waals surface area contributed by atoms with Crippen molar-refractivity contribution >= 4 is 0 Å². The van der Waals surface area contributed by atoms with Crippen molar-refractivity contribution in [2.45, 2.75) is 72.6 Å². The standard InChI is InChI=1S/C16H30/c1-5-8-15(13(3)14-11-12(14)2)16(4)9-6-7-10-16/h12-15H,5-11H2,1-4H3. The van der Waals surface area contributed by atoms with Gasteiger partial charge in [0.15, 0.2) is 0 Å². The average Bonchev–Trinajstić information content (AvgIpc) is 2.81. The maximum absolute atomic E-state index is 2.59. The molecular formula is C16H30. The monoisotopic (exact) mass is 222 g/mol. The molecule has 16 heavy (non-hydrogen) atoms. The highest BCUT2D eigenvalue weighted by Crippen LogP contribution is 2.55. The molecule has 2 rings (SSSR count). The van der Waals surface area contributed by atoms with Crippen molar-refractivity contribution in [3.63, 3.8) is 0 Å². The van der Waals surface area contributed by atoms with Crippen LogP contribution in [-0.2, 0) is 0 Å². The maximum Gasteiger partial charge on any atom is -0.0295 e. The Kier molecular flexibility index (Phi) is 3.66. The smallest absolute Gasteiger partial charge is 0.0295 e. The molecule has 4 unspecified atom stereocenters. The van der Waals surface area contributed by atoms with Gasteiger partial charge in [0.05, 0.1) is 0 Å². The molecule has 0 spiro atoms. The lowest BCUT2D eigenvalue weighted by Crippen LogP contribution is -2.31. The van der Waals surface area contributed by atoms with E-state index in [2.05, 4.69) is 27.7 Å². The predicted octanol–water partition coefficient (Wildman–Crippen LogP) is 5.28. The van der Waals surface area contributed by atoms with Crippen LogP contribution in [-0.4, -0.2) is 0 Å². The highest BCUT2D eigenvalue weighted by molar-refractivity contribution is 4.96. The van der Waals surface area contributed by atoms with Crippen LogP contribution >= 0.6 is 0 Å². The van der Waals surface area contributed by atoms with E-state index in [1.54, 1.807) is 0 Å². The molecule has 0 bridgehead atoms. The zero-order valence-electron chi connectivity index (χ0n) is 11.8. The summed E-state index contributed by atoms with van der Waals surface area (Å²) in [7, 11) is 0. The molecule has 0 aromatic heterocycles. The Morgan fingerprint density at radius 3 is 2.25 bits per heavy atom. The topological polar surface area (TPSA) is 0 Å². The summed E-state index contributed by atoms with van der Waals surface area (Å²) in [6.07, 6.45) is 10.4. The fraction of sp³-hybridized carbons (Fsp3) is 1.00. The first kappa shape index (κ1) is 12.5. The molecule has 0 heteroatoms. The van der Waals surface area contributed by atoms with E-state index in [4.69, 9.17) is 0 Å². The minimum Gasteiger partial charge on any atom is -0.0654 e. The van der Waals surface area contributed by atoms with E-state index in [9.17, 15) is 0 Å². The van der Waals surface area contributed by atoms with E-state index in [0.717, 1.165) is 23.7 Å². The van der Waals surface area contributed by atoms with Crippen LogP contribution in [0.4, 0.5) is 0 Å². The second-order valence-electron chi connectivity index (χ2n) is 6.99. The van der Waals surface area contributed by atoms with Gasteiger partial charge in [-0.25, -0.2) is 0 Å². The number of hydrogen-bond donors (Lipinski definition) is 0. The van der Waals surface area contributed by atoms with Crippen LogP contribution in [0.3, 0.4) is 0 Å². The van der Waals surface area contributed by atoms with Crippen molar-refractivity contribution in [2.75, 3.05) is 0 Å². The predicted molar refractivity (Wildman–Crippen MR) is 71.4 cm³/mol. The van der Waals surface area contributed by atoms with Gasteiger partial charge in [0, 0.05) is 0 Å². The summed E-state index contributed by atoms with van der Waals surface area (Å²) in [5, 5.41) is 0. The molecule has 2 aliphatic carbocycles. The van der Waals surface area contributed by atoms with Gasteiger partial charge in [-0.05, 0) is 54.8 Å². The third-order valence-corrected chi connectivity index (χ3v) is 5.72. The highest BCUT2D eigenvalue weighted by Gasteiger charge is 2.46. The van der Waals surface area contributed by atoms with E-state index >= 15 is 0 Å². The largest absolute Gasteiger partial charge is 0.0654 e. The van der Waals surface area contributed by atoms with E-state index in [0.29, 0.717) is 5.41 Å². The molecule has 0 N–H and O–H groups in total. The second kappa shape index (κ2) is 4.70. The summed E-state index contributed by atoms with van der Waals surface area (Å²) >= 11 is 0. The van der Waals surface area contributed by atoms with Crippen LogP contribution in [0.2, 0.25) is 0 Å². The first-order valence-electron chi connectivity index (χ1n) is 7.58. The third-order valence-electron chi connectivity index (χ3n) is 5.72. The highest BCUT2D eigenvalue weighted by atomic mass is 14.5. The molecule has 0 amide bonds. The first-order valence-corrected chi connectivity index (χ1v) is 7.58. The summed E-state index contributed by atoms with van der Waals surface area (Å²) in [5.41, 5.74) is 0.692. The minimum atomic E-state index is 0.692. The zero-order chi connectivity index (χ0) is 11.8. The molecule has 0 saturated heterocycles. The zero-order valence-corrected chi connectivity index (χ0v) is 11.8. The molecule has 2 aliphatic rings. The lowest BCUT2D eigenvalue weighted by Gasteiger charge is -2.39. The first-order chi connectivity index (χ1) is 7.58. The van der Waals surface area contributed by atoms with Crippen molar-refractivity contribution in [2.24, 2.45) is 29.1 Å². The van der Waals surface area contributed by atoms with E-state index < -0.39 is 0 Å². The minimum absolute atomic E-state index is 0.692. The number of rotatable bonds is 5. The maximum atomic E-state index is 2.59. The summed E-state index contributed by atoms with van der Waals surface area (Å²) in [6, 6.07) is 0. The fourth-order valence-corrected chi connectivity index (χ4v) is 4.49. The Morgan fingerprint density at radius 1 is 1.25 bits per heavy atom. The molecule has 0 heterocycles. The van der Waals surface area contributed by atoms with Crippen LogP contribution in [0.1, 0.15) is 72.6 Å². The molecule has 0 aromatic rings. The molecule has 2 fully saturated rings. The van der Waals surface area contributed by atoms with Gasteiger partial charge in [-0.15, -0.1) is 0 Å². The normalized spacial score (nSPS) is 36.0. The molecule has 4 atom stereocenters. The van der Waals surface area contributed by atoms with E-state index in [1.165, 1.54) is 44.9 Å². The van der Waals surface area contributed by atoms with Crippen molar-refractivity contribution < 1.29 is 0 Å². The Balaban J connectivity index is 2.03. The van der Waals surface area contributed by atoms with Gasteiger partial charge >= 0.3 is 0 Å². The summed E-state index contributed by atoms with van der Waals surface area (Å²) in [5.74, 6) is 4.08. The molecular weight excluding hydrogens is 192 g/mol. The average molecular weight is 222 g/mol. The summed E-state index contributed by atoms with van der Waals surface area (Å²) in [6.45, 7) is 9.96. The lowest BCUT2D eigenvalue weighted by molar-refractivity contribution is 0.106. The van der Waals surface area contributed by atoms with Crippen molar-refractivity contribution in [1.82, 2.24) is 0 Å². The van der Waals surface area contributed by atoms with Crippen LogP contribution in [0.5, 0.6) is 0 Å². The fourth-order valence-electron chi connectivity index (χ4n) is 4.49. The van der Waals surface area contributed by atoms with Gasteiger partial charge in [0.25, 0.3) is 0 Å². The third kappa shape index (κ3) is 2.31. The lowest BCUT2D eigenvalue weighted by atomic mass is 9.66. The van der Waals surface area contributed by atoms with Gasteiger partial charge in [-0.2, -0.15) is 0 Å². The number of hydrogen-bond acceptors (Lipinski definition) is 0. The molecule has 0 aromatic carbocycles. The quantitative estimate of drug-likeness (QED) is 0.594. The Labute approximate surface area is 102 Å². The molecule has 94 valence electrons. The van der Waals surface area contributed by atoms with Crippen molar-refractivity contribution in [3.05, 3.63) is 0 Å². The second-order valence-corrected chi connectivity index (χ2v) is 6.99. The molecule has 2 saturated carbocycles. The van der Waals surface area contributed by atoms with E-state index in [-0.39, 0.29) is 0 Å². The van der Waals surface area contributed by atoms with Gasteiger partial charge in [-0.3, -0.25) is 0 Å². The Morgan fingerprint density at radius 2 is 1.81 bits per heavy atom. The Hall–Kier alpha value is 0. The van der Waals surface area contributed by atoms with Gasteiger partial charge < -0.3 is 0 Å². The van der Waals surface area contributed by atoms with Crippen molar-refractivity contribution in [3.8, 4) is 0 Å². The molecule has 0 aliphatic heterocycles. The van der Waals surface area contributed by atoms with Crippen LogP contribution in [0.25, 0.3) is 0 Å². The SMILES string of the molecule is CCCC(C(C)C1CC1C)C1(C)CCCC1.